The van der Waals surface area contributed by atoms with Gasteiger partial charge in [-0.25, -0.2) is 8.42 Å². The summed E-state index contributed by atoms with van der Waals surface area (Å²) in [5.41, 5.74) is 2.42. The second kappa shape index (κ2) is 5.20. The summed E-state index contributed by atoms with van der Waals surface area (Å²) in [6, 6.07) is 8.48. The lowest BCUT2D eigenvalue weighted by Gasteiger charge is -2.33. The van der Waals surface area contributed by atoms with Gasteiger partial charge in [-0.05, 0) is 29.1 Å². The molecular formula is C14H19N3O2S. The van der Waals surface area contributed by atoms with E-state index in [1.54, 1.807) is 4.31 Å². The number of aromatic nitrogens is 1. The second-order valence-corrected chi connectivity index (χ2v) is 7.32. The molecule has 1 aliphatic heterocycles. The molecule has 0 unspecified atom stereocenters. The highest BCUT2D eigenvalue weighted by molar-refractivity contribution is 7.88. The minimum Gasteiger partial charge on any atom is -0.361 e. The quantitative estimate of drug-likeness (QED) is 0.926. The van der Waals surface area contributed by atoms with Crippen molar-refractivity contribution < 1.29 is 8.42 Å². The van der Waals surface area contributed by atoms with E-state index in [1.165, 1.54) is 17.2 Å². The number of H-pyrrole nitrogens is 1. The van der Waals surface area contributed by atoms with Crippen molar-refractivity contribution in [1.82, 2.24) is 14.2 Å². The maximum Gasteiger partial charge on any atom is 0.211 e. The molecule has 5 nitrogen and oxygen atoms in total. The summed E-state index contributed by atoms with van der Waals surface area (Å²) in [5, 5.41) is 1.22. The van der Waals surface area contributed by atoms with Gasteiger partial charge >= 0.3 is 0 Å². The van der Waals surface area contributed by atoms with Crippen LogP contribution >= 0.6 is 0 Å². The Hall–Kier alpha value is -1.37. The molecule has 0 bridgehead atoms. The van der Waals surface area contributed by atoms with E-state index in [9.17, 15) is 8.42 Å². The maximum atomic E-state index is 11.5. The molecule has 0 radical (unpaired) electrons. The number of fused-ring (bicyclic) bond motifs is 1. The van der Waals surface area contributed by atoms with Crippen molar-refractivity contribution in [1.29, 1.82) is 0 Å². The molecule has 2 heterocycles. The number of nitrogens with zero attached hydrogens (tertiary/aromatic N) is 2. The fourth-order valence-electron chi connectivity index (χ4n) is 2.68. The summed E-state index contributed by atoms with van der Waals surface area (Å²) in [7, 11) is -3.04. The number of nitrogens with one attached hydrogen (secondary N) is 1. The van der Waals surface area contributed by atoms with Gasteiger partial charge in [-0.1, -0.05) is 6.07 Å². The number of sulfonamides is 1. The van der Waals surface area contributed by atoms with Gasteiger partial charge in [-0.3, -0.25) is 4.90 Å². The Morgan fingerprint density at radius 2 is 1.90 bits per heavy atom. The molecule has 6 heteroatoms. The second-order valence-electron chi connectivity index (χ2n) is 5.34. The van der Waals surface area contributed by atoms with Gasteiger partial charge < -0.3 is 4.98 Å². The number of aromatic amines is 1. The van der Waals surface area contributed by atoms with E-state index in [2.05, 4.69) is 34.1 Å². The lowest BCUT2D eigenvalue weighted by Crippen LogP contribution is -2.47. The molecule has 1 aromatic heterocycles. The predicted octanol–water partition coefficient (Wildman–Crippen LogP) is 1.25. The van der Waals surface area contributed by atoms with Gasteiger partial charge in [0.2, 0.25) is 10.0 Å². The zero-order valence-corrected chi connectivity index (χ0v) is 12.4. The van der Waals surface area contributed by atoms with Crippen LogP contribution in [0.4, 0.5) is 0 Å². The fourth-order valence-corrected chi connectivity index (χ4v) is 3.51. The molecule has 0 atom stereocenters. The van der Waals surface area contributed by atoms with Crippen LogP contribution in [-0.4, -0.2) is 55.0 Å². The van der Waals surface area contributed by atoms with Gasteiger partial charge in [0, 0.05) is 44.4 Å². The highest BCUT2D eigenvalue weighted by atomic mass is 32.2. The topological polar surface area (TPSA) is 56.4 Å². The van der Waals surface area contributed by atoms with Crippen LogP contribution in [0.2, 0.25) is 0 Å². The molecule has 0 spiro atoms. The van der Waals surface area contributed by atoms with Gasteiger partial charge in [0.1, 0.15) is 0 Å². The summed E-state index contributed by atoms with van der Waals surface area (Å²) in [4.78, 5) is 5.49. The summed E-state index contributed by atoms with van der Waals surface area (Å²) >= 11 is 0. The van der Waals surface area contributed by atoms with Gasteiger partial charge in [0.15, 0.2) is 0 Å². The van der Waals surface area contributed by atoms with E-state index < -0.39 is 10.0 Å². The van der Waals surface area contributed by atoms with Crippen LogP contribution < -0.4 is 0 Å². The first-order valence-corrected chi connectivity index (χ1v) is 8.61. The van der Waals surface area contributed by atoms with E-state index in [0.717, 1.165) is 25.2 Å². The number of benzene rings is 1. The molecular weight excluding hydrogens is 274 g/mol. The smallest absolute Gasteiger partial charge is 0.211 e. The largest absolute Gasteiger partial charge is 0.361 e. The maximum absolute atomic E-state index is 11.5. The zero-order valence-electron chi connectivity index (χ0n) is 11.5. The van der Waals surface area contributed by atoms with Gasteiger partial charge in [-0.15, -0.1) is 0 Å². The van der Waals surface area contributed by atoms with Gasteiger partial charge in [0.25, 0.3) is 0 Å². The Labute approximate surface area is 119 Å². The van der Waals surface area contributed by atoms with Gasteiger partial charge in [0.05, 0.1) is 6.26 Å². The molecule has 1 saturated heterocycles. The van der Waals surface area contributed by atoms with Crippen LogP contribution in [0.1, 0.15) is 5.56 Å². The van der Waals surface area contributed by atoms with Crippen LogP contribution in [0.25, 0.3) is 10.9 Å². The van der Waals surface area contributed by atoms with Crippen molar-refractivity contribution in [2.45, 2.75) is 6.54 Å². The third-order valence-corrected chi connectivity index (χ3v) is 5.13. The van der Waals surface area contributed by atoms with Crippen LogP contribution in [-0.2, 0) is 16.6 Å². The first-order chi connectivity index (χ1) is 9.52. The molecule has 0 amide bonds. The average molecular weight is 293 g/mol. The summed E-state index contributed by atoms with van der Waals surface area (Å²) in [6.45, 7) is 3.63. The lowest BCUT2D eigenvalue weighted by molar-refractivity contribution is 0.182. The summed E-state index contributed by atoms with van der Waals surface area (Å²) in [6.07, 6.45) is 3.22. The highest BCUT2D eigenvalue weighted by Crippen LogP contribution is 2.16. The standard InChI is InChI=1S/C14H19N3O2S/c1-20(18,19)17-8-6-16(7-9-17)11-12-2-3-14-13(10-12)4-5-15-14/h2-5,10,15H,6-9,11H2,1H3. The third-order valence-electron chi connectivity index (χ3n) is 3.82. The highest BCUT2D eigenvalue weighted by Gasteiger charge is 2.23. The van der Waals surface area contributed by atoms with Crippen LogP contribution in [0.5, 0.6) is 0 Å². The first-order valence-electron chi connectivity index (χ1n) is 6.76. The van der Waals surface area contributed by atoms with E-state index in [-0.39, 0.29) is 0 Å². The molecule has 1 aliphatic rings. The number of rotatable bonds is 3. The molecule has 3 rings (SSSR count). The Bertz CT molecular complexity index is 700. The fraction of sp³-hybridized carbons (Fsp3) is 0.429. The number of hydrogen-bond donors (Lipinski definition) is 1. The van der Waals surface area contributed by atoms with Crippen LogP contribution in [0, 0.1) is 0 Å². The monoisotopic (exact) mass is 293 g/mol. The Balaban J connectivity index is 1.64. The minimum atomic E-state index is -3.04. The first kappa shape index (κ1) is 13.6. The Kier molecular flexibility index (Phi) is 3.54. The van der Waals surface area contributed by atoms with Crippen LogP contribution in [0.3, 0.4) is 0 Å². The molecule has 108 valence electrons. The predicted molar refractivity (Wildman–Crippen MR) is 80.0 cm³/mol. The van der Waals surface area contributed by atoms with Crippen molar-refractivity contribution in [3.8, 4) is 0 Å². The zero-order chi connectivity index (χ0) is 14.2. The molecule has 0 aliphatic carbocycles. The number of piperazine rings is 1. The Morgan fingerprint density at radius 3 is 2.60 bits per heavy atom. The van der Waals surface area contributed by atoms with Crippen molar-refractivity contribution >= 4 is 20.9 Å². The Morgan fingerprint density at radius 1 is 1.15 bits per heavy atom. The van der Waals surface area contributed by atoms with Crippen molar-refractivity contribution in [3.05, 3.63) is 36.0 Å². The molecule has 2 aromatic rings. The van der Waals surface area contributed by atoms with E-state index in [1.807, 2.05) is 6.20 Å². The van der Waals surface area contributed by atoms with E-state index in [0.29, 0.717) is 13.1 Å². The summed E-state index contributed by atoms with van der Waals surface area (Å²) in [5.74, 6) is 0. The van der Waals surface area contributed by atoms with E-state index in [4.69, 9.17) is 0 Å². The van der Waals surface area contributed by atoms with Crippen LogP contribution in [0.15, 0.2) is 30.5 Å². The molecule has 0 saturated carbocycles. The third kappa shape index (κ3) is 2.87. The average Bonchev–Trinajstić information content (AvgIpc) is 2.86. The summed E-state index contributed by atoms with van der Waals surface area (Å²) < 4.78 is 24.5. The molecule has 1 N–H and O–H groups in total. The van der Waals surface area contributed by atoms with Crippen molar-refractivity contribution in [2.75, 3.05) is 32.4 Å². The minimum absolute atomic E-state index is 0.589. The normalized spacial score (nSPS) is 18.6. The van der Waals surface area contributed by atoms with Gasteiger partial charge in [-0.2, -0.15) is 4.31 Å². The molecule has 1 fully saturated rings. The SMILES string of the molecule is CS(=O)(=O)N1CCN(Cc2ccc3[nH]ccc3c2)CC1. The van der Waals surface area contributed by atoms with Crippen molar-refractivity contribution in [2.24, 2.45) is 0 Å². The lowest BCUT2D eigenvalue weighted by atomic mass is 10.1. The molecule has 1 aromatic carbocycles. The number of hydrogen-bond acceptors (Lipinski definition) is 3. The molecule has 20 heavy (non-hydrogen) atoms. The van der Waals surface area contributed by atoms with E-state index >= 15 is 0 Å². The van der Waals surface area contributed by atoms with Crippen molar-refractivity contribution in [3.63, 3.8) is 0 Å².